The number of ether oxygens (including phenoxy) is 1. The highest BCUT2D eigenvalue weighted by Gasteiger charge is 2.24. The van der Waals surface area contributed by atoms with E-state index >= 15 is 0 Å². The van der Waals surface area contributed by atoms with E-state index in [1.165, 1.54) is 148 Å². The lowest BCUT2D eigenvalue weighted by molar-refractivity contribution is -0.151. The van der Waals surface area contributed by atoms with Crippen LogP contribution in [-0.2, 0) is 14.3 Å². The molecule has 3 N–H and O–H groups in total. The Morgan fingerprint density at radius 1 is 0.455 bits per heavy atom. The van der Waals surface area contributed by atoms with Crippen LogP contribution in [0, 0.1) is 0 Å². The minimum atomic E-state index is -0.814. The molecule has 0 radical (unpaired) electrons. The molecule has 380 valence electrons. The molecule has 0 aromatic rings. The third kappa shape index (κ3) is 47.5. The molecule has 3 atom stereocenters. The fourth-order valence-electron chi connectivity index (χ4n) is 8.17. The van der Waals surface area contributed by atoms with Crippen molar-refractivity contribution in [2.75, 3.05) is 6.61 Å². The summed E-state index contributed by atoms with van der Waals surface area (Å²) in [6, 6.07) is -0.732. The van der Waals surface area contributed by atoms with Crippen molar-refractivity contribution in [3.05, 3.63) is 85.1 Å². The first-order valence-electron chi connectivity index (χ1n) is 27.9. The van der Waals surface area contributed by atoms with Crippen molar-refractivity contribution in [1.82, 2.24) is 5.32 Å². The molecule has 0 fully saturated rings. The molecule has 1 amide bonds. The lowest BCUT2D eigenvalue weighted by Gasteiger charge is -2.24. The fraction of sp³-hybridized carbons (Fsp3) is 0.733. The van der Waals surface area contributed by atoms with Crippen LogP contribution >= 0.6 is 0 Å². The summed E-state index contributed by atoms with van der Waals surface area (Å²) in [4.78, 5) is 26.2. The van der Waals surface area contributed by atoms with Gasteiger partial charge in [-0.3, -0.25) is 9.59 Å². The number of rotatable bonds is 49. The van der Waals surface area contributed by atoms with E-state index in [2.05, 4.69) is 50.4 Å². The third-order valence-electron chi connectivity index (χ3n) is 12.4. The van der Waals surface area contributed by atoms with Gasteiger partial charge >= 0.3 is 5.97 Å². The van der Waals surface area contributed by atoms with Crippen molar-refractivity contribution >= 4 is 11.9 Å². The van der Waals surface area contributed by atoms with E-state index in [-0.39, 0.29) is 24.9 Å². The summed E-state index contributed by atoms with van der Waals surface area (Å²) in [5, 5.41) is 23.8. The smallest absolute Gasteiger partial charge is 0.306 e. The molecule has 0 aliphatic heterocycles. The highest BCUT2D eigenvalue weighted by Crippen LogP contribution is 2.17. The van der Waals surface area contributed by atoms with Gasteiger partial charge < -0.3 is 20.3 Å². The van der Waals surface area contributed by atoms with Crippen LogP contribution in [0.3, 0.4) is 0 Å². The second kappa shape index (κ2) is 53.0. The first kappa shape index (κ1) is 63.0. The Morgan fingerprint density at radius 3 is 1.30 bits per heavy atom. The SMILES string of the molecule is CC\C=C/C=C/C=C/C=C\C=C\C=C\CCCC(CC(=O)NC(CO)C(O)CCCCCCCCCCCCCCCCCC)OC(=O)CCCCCCC/C=C/CCCCCCCCC. The Kier molecular flexibility index (Phi) is 50.6. The molecule has 0 bridgehead atoms. The molecule has 3 unspecified atom stereocenters. The Bertz CT molecular complexity index is 1260. The highest BCUT2D eigenvalue weighted by atomic mass is 16.5. The number of allylic oxidation sites excluding steroid dienone is 14. The maximum absolute atomic E-state index is 13.2. The lowest BCUT2D eigenvalue weighted by Crippen LogP contribution is -2.46. The van der Waals surface area contributed by atoms with Gasteiger partial charge in [0.15, 0.2) is 0 Å². The normalized spacial score (nSPS) is 13.8. The monoisotopic (exact) mass is 920 g/mol. The predicted octanol–water partition coefficient (Wildman–Crippen LogP) is 17.1. The van der Waals surface area contributed by atoms with Crippen molar-refractivity contribution in [2.24, 2.45) is 0 Å². The van der Waals surface area contributed by atoms with Crippen LogP contribution in [0.1, 0.15) is 258 Å². The van der Waals surface area contributed by atoms with E-state index in [1.54, 1.807) is 0 Å². The Hall–Kier alpha value is -2.96. The number of hydrogen-bond donors (Lipinski definition) is 3. The summed E-state index contributed by atoms with van der Waals surface area (Å²) in [6.45, 7) is 6.33. The Balaban J connectivity index is 4.68. The van der Waals surface area contributed by atoms with Crippen LogP contribution in [0.4, 0.5) is 0 Å². The zero-order valence-electron chi connectivity index (χ0n) is 43.3. The topological polar surface area (TPSA) is 95.9 Å². The van der Waals surface area contributed by atoms with Gasteiger partial charge in [-0.25, -0.2) is 0 Å². The van der Waals surface area contributed by atoms with Gasteiger partial charge in [0.05, 0.1) is 25.2 Å². The molecule has 0 saturated carbocycles. The van der Waals surface area contributed by atoms with Crippen LogP contribution in [0.5, 0.6) is 0 Å². The molecule has 0 aromatic heterocycles. The summed E-state index contributed by atoms with van der Waals surface area (Å²) in [5.74, 6) is -0.558. The number of nitrogens with one attached hydrogen (secondary N) is 1. The van der Waals surface area contributed by atoms with Crippen molar-refractivity contribution in [3.63, 3.8) is 0 Å². The molecular formula is C60H105NO5. The van der Waals surface area contributed by atoms with Gasteiger partial charge in [-0.2, -0.15) is 0 Å². The van der Waals surface area contributed by atoms with E-state index in [0.717, 1.165) is 64.2 Å². The molecular weight excluding hydrogens is 815 g/mol. The van der Waals surface area contributed by atoms with Gasteiger partial charge in [-0.15, -0.1) is 0 Å². The fourth-order valence-corrected chi connectivity index (χ4v) is 8.17. The van der Waals surface area contributed by atoms with Crippen molar-refractivity contribution < 1.29 is 24.5 Å². The summed E-state index contributed by atoms with van der Waals surface area (Å²) >= 11 is 0. The summed E-state index contributed by atoms with van der Waals surface area (Å²) in [5.41, 5.74) is 0. The van der Waals surface area contributed by atoms with Crippen LogP contribution in [-0.4, -0.2) is 46.9 Å². The standard InChI is InChI=1S/C60H105NO5/c1-4-7-10-13-16-19-22-25-28-31-34-37-40-43-46-49-52-58(63)57(55-62)61-59(64)54-56(51-48-45-42-39-36-33-30-27-24-21-18-15-12-9-6-3)66-60(65)53-50-47-44-41-38-35-32-29-26-23-20-17-14-11-8-5-2/h9,12,15,18,21,24,27,29-30,32-33,36,39,42,56-58,62-63H,4-8,10-11,13-14,16-17,19-20,22-23,25-26,28,31,34-35,37-38,40-41,43-55H2,1-3H3,(H,61,64)/b12-9-,18-15+,24-21+,30-27-,32-29+,36-33+,42-39+. The summed E-state index contributed by atoms with van der Waals surface area (Å²) < 4.78 is 5.91. The molecule has 0 aliphatic carbocycles. The Morgan fingerprint density at radius 2 is 0.848 bits per heavy atom. The van der Waals surface area contributed by atoms with Gasteiger partial charge in [0.1, 0.15) is 6.10 Å². The molecule has 6 heteroatoms. The first-order chi connectivity index (χ1) is 32.5. The van der Waals surface area contributed by atoms with E-state index < -0.39 is 18.2 Å². The van der Waals surface area contributed by atoms with E-state index in [4.69, 9.17) is 4.74 Å². The quantitative estimate of drug-likeness (QED) is 0.0245. The number of esters is 1. The minimum absolute atomic E-state index is 0.0203. The number of unbranched alkanes of at least 4 members (excludes halogenated alkanes) is 28. The molecule has 0 rings (SSSR count). The number of aliphatic hydroxyl groups excluding tert-OH is 2. The van der Waals surface area contributed by atoms with Crippen LogP contribution < -0.4 is 5.32 Å². The maximum Gasteiger partial charge on any atom is 0.306 e. The number of carbonyl (C=O) groups is 2. The molecule has 0 saturated heterocycles. The maximum atomic E-state index is 13.2. The second-order valence-electron chi connectivity index (χ2n) is 18.8. The largest absolute Gasteiger partial charge is 0.462 e. The van der Waals surface area contributed by atoms with Crippen molar-refractivity contribution in [3.8, 4) is 0 Å². The second-order valence-corrected chi connectivity index (χ2v) is 18.8. The van der Waals surface area contributed by atoms with E-state index in [1.807, 2.05) is 60.8 Å². The van der Waals surface area contributed by atoms with E-state index in [9.17, 15) is 19.8 Å². The summed E-state index contributed by atoms with van der Waals surface area (Å²) in [6.07, 6.45) is 69.3. The minimum Gasteiger partial charge on any atom is -0.462 e. The molecule has 0 heterocycles. The van der Waals surface area contributed by atoms with E-state index in [0.29, 0.717) is 19.3 Å². The zero-order valence-corrected chi connectivity index (χ0v) is 43.3. The first-order valence-corrected chi connectivity index (χ1v) is 27.9. The lowest BCUT2D eigenvalue weighted by atomic mass is 10.0. The van der Waals surface area contributed by atoms with Crippen LogP contribution in [0.25, 0.3) is 0 Å². The van der Waals surface area contributed by atoms with Gasteiger partial charge in [0.2, 0.25) is 5.91 Å². The van der Waals surface area contributed by atoms with Gasteiger partial charge in [-0.05, 0) is 64.2 Å². The van der Waals surface area contributed by atoms with Crippen molar-refractivity contribution in [2.45, 2.75) is 277 Å². The van der Waals surface area contributed by atoms with Gasteiger partial charge in [0, 0.05) is 6.42 Å². The zero-order chi connectivity index (χ0) is 48.1. The van der Waals surface area contributed by atoms with Crippen LogP contribution in [0.2, 0.25) is 0 Å². The summed E-state index contributed by atoms with van der Waals surface area (Å²) in [7, 11) is 0. The average Bonchev–Trinajstić information content (AvgIpc) is 3.31. The average molecular weight is 921 g/mol. The van der Waals surface area contributed by atoms with Crippen LogP contribution in [0.15, 0.2) is 85.1 Å². The van der Waals surface area contributed by atoms with Crippen molar-refractivity contribution in [1.29, 1.82) is 0 Å². The third-order valence-corrected chi connectivity index (χ3v) is 12.4. The highest BCUT2D eigenvalue weighted by molar-refractivity contribution is 5.77. The van der Waals surface area contributed by atoms with Gasteiger partial charge in [0.25, 0.3) is 0 Å². The molecule has 6 nitrogen and oxygen atoms in total. The molecule has 0 aromatic carbocycles. The number of amides is 1. The van der Waals surface area contributed by atoms with Gasteiger partial charge in [-0.1, -0.05) is 266 Å². The molecule has 0 spiro atoms. The number of carbonyl (C=O) groups excluding carboxylic acids is 2. The number of hydrogen-bond acceptors (Lipinski definition) is 5. The number of aliphatic hydroxyl groups is 2. The molecule has 66 heavy (non-hydrogen) atoms. The predicted molar refractivity (Wildman–Crippen MR) is 287 cm³/mol. The Labute approximate surface area is 408 Å². The molecule has 0 aliphatic rings.